The first-order chi connectivity index (χ1) is 12.6. The van der Waals surface area contributed by atoms with Gasteiger partial charge in [-0.15, -0.1) is 11.3 Å². The highest BCUT2D eigenvalue weighted by molar-refractivity contribution is 7.16. The molecule has 1 aromatic rings. The highest BCUT2D eigenvalue weighted by atomic mass is 35.5. The van der Waals surface area contributed by atoms with Crippen molar-refractivity contribution in [2.75, 3.05) is 46.4 Å². The van der Waals surface area contributed by atoms with Crippen molar-refractivity contribution >= 4 is 28.8 Å². The standard InChI is InChI=1S/C19H30ClN3O2S/c1-22(13-16-5-6-17(20)26-16)14-18(24)21-15-19(7-3-2-4-8-19)23-9-11-25-12-10-23/h5-6H,2-4,7-15H2,1H3,(H,21,24). The Morgan fingerprint density at radius 3 is 2.69 bits per heavy atom. The fourth-order valence-electron chi connectivity index (χ4n) is 4.18. The van der Waals surface area contributed by atoms with Gasteiger partial charge in [-0.1, -0.05) is 30.9 Å². The van der Waals surface area contributed by atoms with Gasteiger partial charge in [0.2, 0.25) is 5.91 Å². The van der Waals surface area contributed by atoms with E-state index in [1.165, 1.54) is 37.0 Å². The van der Waals surface area contributed by atoms with Crippen molar-refractivity contribution < 1.29 is 9.53 Å². The van der Waals surface area contributed by atoms with Crippen LogP contribution in [0.25, 0.3) is 0 Å². The summed E-state index contributed by atoms with van der Waals surface area (Å²) in [5, 5.41) is 3.23. The lowest BCUT2D eigenvalue weighted by molar-refractivity contribution is -0.123. The number of carbonyl (C=O) groups excluding carboxylic acids is 1. The van der Waals surface area contributed by atoms with Gasteiger partial charge in [-0.2, -0.15) is 0 Å². The third kappa shape index (κ3) is 5.42. The first-order valence-corrected chi connectivity index (χ1v) is 10.8. The molecule has 2 aliphatic rings. The summed E-state index contributed by atoms with van der Waals surface area (Å²) in [6, 6.07) is 3.93. The zero-order valence-electron chi connectivity index (χ0n) is 15.6. The van der Waals surface area contributed by atoms with Gasteiger partial charge in [-0.3, -0.25) is 14.6 Å². The van der Waals surface area contributed by atoms with Crippen molar-refractivity contribution in [2.24, 2.45) is 0 Å². The molecule has 3 rings (SSSR count). The van der Waals surface area contributed by atoms with Crippen LogP contribution in [0.1, 0.15) is 37.0 Å². The van der Waals surface area contributed by atoms with Crippen molar-refractivity contribution in [1.82, 2.24) is 15.1 Å². The zero-order chi connectivity index (χ0) is 18.4. The fraction of sp³-hybridized carbons (Fsp3) is 0.737. The summed E-state index contributed by atoms with van der Waals surface area (Å²) in [6.07, 6.45) is 6.18. The molecular formula is C19H30ClN3O2S. The lowest BCUT2D eigenvalue weighted by Crippen LogP contribution is -2.60. The second kappa shape index (κ2) is 9.51. The largest absolute Gasteiger partial charge is 0.379 e. The number of morpholine rings is 1. The molecule has 1 N–H and O–H groups in total. The van der Waals surface area contributed by atoms with E-state index in [9.17, 15) is 4.79 Å². The van der Waals surface area contributed by atoms with Gasteiger partial charge in [-0.25, -0.2) is 0 Å². The Kier molecular flexibility index (Phi) is 7.35. The normalized spacial score (nSPS) is 21.0. The Hall–Kier alpha value is -0.660. The van der Waals surface area contributed by atoms with Gasteiger partial charge in [0.1, 0.15) is 0 Å². The molecule has 2 fully saturated rings. The quantitative estimate of drug-likeness (QED) is 0.765. The fourth-order valence-corrected chi connectivity index (χ4v) is 5.34. The molecule has 0 radical (unpaired) electrons. The summed E-state index contributed by atoms with van der Waals surface area (Å²) in [4.78, 5) is 18.3. The molecule has 1 saturated heterocycles. The van der Waals surface area contributed by atoms with E-state index >= 15 is 0 Å². The Morgan fingerprint density at radius 1 is 1.31 bits per heavy atom. The maximum atomic E-state index is 12.5. The first kappa shape index (κ1) is 20.1. The third-order valence-corrected chi connectivity index (χ3v) is 6.76. The molecule has 0 bridgehead atoms. The molecule has 26 heavy (non-hydrogen) atoms. The molecule has 1 aliphatic carbocycles. The van der Waals surface area contributed by atoms with E-state index in [4.69, 9.17) is 16.3 Å². The molecule has 1 saturated carbocycles. The van der Waals surface area contributed by atoms with Gasteiger partial charge < -0.3 is 10.1 Å². The number of halogens is 1. The summed E-state index contributed by atoms with van der Waals surface area (Å²) >= 11 is 7.55. The average Bonchev–Trinajstić information content (AvgIpc) is 3.06. The average molecular weight is 400 g/mol. The summed E-state index contributed by atoms with van der Waals surface area (Å²) in [5.41, 5.74) is 0.123. The lowest BCUT2D eigenvalue weighted by Gasteiger charge is -2.48. The van der Waals surface area contributed by atoms with Crippen LogP contribution in [-0.4, -0.2) is 67.7 Å². The summed E-state index contributed by atoms with van der Waals surface area (Å²) in [5.74, 6) is 0.105. The summed E-state index contributed by atoms with van der Waals surface area (Å²) in [6.45, 7) is 5.49. The number of carbonyl (C=O) groups is 1. The van der Waals surface area contributed by atoms with Crippen LogP contribution in [-0.2, 0) is 16.1 Å². The first-order valence-electron chi connectivity index (χ1n) is 9.60. The number of rotatable bonds is 7. The van der Waals surface area contributed by atoms with Crippen LogP contribution in [0.3, 0.4) is 0 Å². The van der Waals surface area contributed by atoms with Crippen LogP contribution < -0.4 is 5.32 Å². The van der Waals surface area contributed by atoms with Crippen molar-refractivity contribution in [2.45, 2.75) is 44.2 Å². The van der Waals surface area contributed by atoms with Crippen molar-refractivity contribution in [3.63, 3.8) is 0 Å². The lowest BCUT2D eigenvalue weighted by atomic mass is 9.79. The van der Waals surface area contributed by atoms with Crippen LogP contribution in [0.2, 0.25) is 4.34 Å². The van der Waals surface area contributed by atoms with Crippen LogP contribution in [0.5, 0.6) is 0 Å². The number of nitrogens with zero attached hydrogens (tertiary/aromatic N) is 2. The molecule has 1 aliphatic heterocycles. The Balaban J connectivity index is 1.50. The van der Waals surface area contributed by atoms with Crippen LogP contribution >= 0.6 is 22.9 Å². The number of ether oxygens (including phenoxy) is 1. The van der Waals surface area contributed by atoms with Crippen molar-refractivity contribution in [3.05, 3.63) is 21.3 Å². The molecule has 1 aromatic heterocycles. The molecule has 2 heterocycles. The molecule has 5 nitrogen and oxygen atoms in total. The van der Waals surface area contributed by atoms with Crippen LogP contribution in [0, 0.1) is 0 Å². The number of amides is 1. The molecule has 0 unspecified atom stereocenters. The van der Waals surface area contributed by atoms with Crippen molar-refractivity contribution in [3.8, 4) is 0 Å². The van der Waals surface area contributed by atoms with E-state index in [0.29, 0.717) is 6.54 Å². The van der Waals surface area contributed by atoms with Crippen LogP contribution in [0.15, 0.2) is 12.1 Å². The summed E-state index contributed by atoms with van der Waals surface area (Å²) in [7, 11) is 1.98. The topological polar surface area (TPSA) is 44.8 Å². The number of nitrogens with one attached hydrogen (secondary N) is 1. The van der Waals surface area contributed by atoms with Crippen LogP contribution in [0.4, 0.5) is 0 Å². The van der Waals surface area contributed by atoms with Gasteiger partial charge >= 0.3 is 0 Å². The maximum absolute atomic E-state index is 12.5. The van der Waals surface area contributed by atoms with Gasteiger partial charge in [0.05, 0.1) is 24.1 Å². The minimum atomic E-state index is 0.105. The van der Waals surface area contributed by atoms with E-state index in [-0.39, 0.29) is 11.4 Å². The Bertz CT molecular complexity index is 583. The van der Waals surface area contributed by atoms with Gasteiger partial charge in [-0.05, 0) is 32.0 Å². The minimum absolute atomic E-state index is 0.105. The maximum Gasteiger partial charge on any atom is 0.234 e. The van der Waals surface area contributed by atoms with E-state index < -0.39 is 0 Å². The minimum Gasteiger partial charge on any atom is -0.379 e. The Morgan fingerprint density at radius 2 is 2.04 bits per heavy atom. The van der Waals surface area contributed by atoms with E-state index in [1.54, 1.807) is 11.3 Å². The molecule has 146 valence electrons. The van der Waals surface area contributed by atoms with Gasteiger partial charge in [0.25, 0.3) is 0 Å². The molecular weight excluding hydrogens is 370 g/mol. The second-order valence-electron chi connectivity index (χ2n) is 7.54. The summed E-state index contributed by atoms with van der Waals surface area (Å²) < 4.78 is 6.32. The SMILES string of the molecule is CN(CC(=O)NCC1(N2CCOCC2)CCCCC1)Cc1ccc(Cl)s1. The van der Waals surface area contributed by atoms with E-state index in [2.05, 4.69) is 10.2 Å². The monoisotopic (exact) mass is 399 g/mol. The van der Waals surface area contributed by atoms with Gasteiger partial charge in [0, 0.05) is 36.6 Å². The number of likely N-dealkylation sites (N-methyl/N-ethyl adjacent to an activating group) is 1. The number of hydrogen-bond donors (Lipinski definition) is 1. The number of hydrogen-bond acceptors (Lipinski definition) is 5. The highest BCUT2D eigenvalue weighted by Gasteiger charge is 2.38. The third-order valence-electron chi connectivity index (χ3n) is 5.55. The second-order valence-corrected chi connectivity index (χ2v) is 9.34. The molecule has 0 aromatic carbocycles. The van der Waals surface area contributed by atoms with E-state index in [1.807, 2.05) is 24.1 Å². The van der Waals surface area contributed by atoms with Gasteiger partial charge in [0.15, 0.2) is 0 Å². The Labute approximate surface area is 165 Å². The zero-order valence-corrected chi connectivity index (χ0v) is 17.2. The predicted octanol–water partition coefficient (Wildman–Crippen LogP) is 2.98. The van der Waals surface area contributed by atoms with E-state index in [0.717, 1.165) is 43.7 Å². The molecule has 0 atom stereocenters. The van der Waals surface area contributed by atoms with Crippen molar-refractivity contribution in [1.29, 1.82) is 0 Å². The molecule has 1 amide bonds. The molecule has 0 spiro atoms. The molecule has 7 heteroatoms. The number of thiophene rings is 1. The smallest absolute Gasteiger partial charge is 0.234 e. The predicted molar refractivity (Wildman–Crippen MR) is 107 cm³/mol. The highest BCUT2D eigenvalue weighted by Crippen LogP contribution is 2.33.